The predicted octanol–water partition coefficient (Wildman–Crippen LogP) is 2.12. The monoisotopic (exact) mass is 376 g/mol. The van der Waals surface area contributed by atoms with Crippen molar-refractivity contribution < 1.29 is 36.3 Å². The van der Waals surface area contributed by atoms with E-state index in [1.807, 2.05) is 0 Å². The van der Waals surface area contributed by atoms with E-state index in [4.69, 9.17) is 20.9 Å². The zero-order valence-electron chi connectivity index (χ0n) is 12.6. The van der Waals surface area contributed by atoms with Crippen molar-refractivity contribution in [3.05, 3.63) is 64.6 Å². The largest absolute Gasteiger partial charge is 0.507 e. The van der Waals surface area contributed by atoms with Crippen LogP contribution in [0.2, 0.25) is 0 Å². The standard InChI is InChI=1S/2C7H6O2.C2H6N2O.Ni/c2*8-5-6-3-1-2-4-7(6)9;3-1-2-4-5;/h2*1-5,9H;1-3H2;. The van der Waals surface area contributed by atoms with Gasteiger partial charge in [-0.1, -0.05) is 29.4 Å². The fourth-order valence-electron chi connectivity index (χ4n) is 1.23. The quantitative estimate of drug-likeness (QED) is 0.425. The van der Waals surface area contributed by atoms with Gasteiger partial charge in [-0.2, -0.15) is 4.91 Å². The molecule has 2 rings (SSSR count). The van der Waals surface area contributed by atoms with E-state index in [1.165, 1.54) is 12.1 Å². The second kappa shape index (κ2) is 15.3. The van der Waals surface area contributed by atoms with Crippen LogP contribution in [0.5, 0.6) is 11.5 Å². The molecule has 0 fully saturated rings. The van der Waals surface area contributed by atoms with Crippen LogP contribution in [0.15, 0.2) is 53.7 Å². The van der Waals surface area contributed by atoms with Gasteiger partial charge in [-0.25, -0.2) is 0 Å². The molecule has 7 nitrogen and oxygen atoms in total. The third-order valence-corrected chi connectivity index (χ3v) is 2.35. The molecule has 0 amide bonds. The van der Waals surface area contributed by atoms with E-state index in [-0.39, 0.29) is 34.5 Å². The molecule has 0 radical (unpaired) electrons. The Morgan fingerprint density at radius 1 is 0.875 bits per heavy atom. The van der Waals surface area contributed by atoms with Gasteiger partial charge < -0.3 is 15.9 Å². The van der Waals surface area contributed by atoms with Gasteiger partial charge in [0.1, 0.15) is 11.5 Å². The summed E-state index contributed by atoms with van der Waals surface area (Å²) in [6.45, 7) is 0.601. The first-order valence-electron chi connectivity index (χ1n) is 6.56. The van der Waals surface area contributed by atoms with Gasteiger partial charge in [0.2, 0.25) is 0 Å². The SMILES string of the molecule is NCCN=O.O=Cc1ccccc1O.O=Cc1ccccc1O.[Ni]. The zero-order chi connectivity index (χ0) is 17.5. The molecule has 0 bridgehead atoms. The van der Waals surface area contributed by atoms with Crippen molar-refractivity contribution >= 4 is 12.6 Å². The molecule has 0 aromatic heterocycles. The van der Waals surface area contributed by atoms with Gasteiger partial charge in [0.05, 0.1) is 17.7 Å². The zero-order valence-corrected chi connectivity index (χ0v) is 13.6. The molecule has 2 aromatic carbocycles. The number of carbonyl (C=O) groups excluding carboxylic acids is 2. The van der Waals surface area contributed by atoms with Crippen LogP contribution >= 0.6 is 0 Å². The molecule has 4 N–H and O–H groups in total. The maximum atomic E-state index is 10.1. The smallest absolute Gasteiger partial charge is 0.153 e. The van der Waals surface area contributed by atoms with E-state index >= 15 is 0 Å². The molecule has 0 atom stereocenters. The minimum Gasteiger partial charge on any atom is -0.507 e. The van der Waals surface area contributed by atoms with Gasteiger partial charge in [0.15, 0.2) is 12.6 Å². The second-order valence-electron chi connectivity index (χ2n) is 3.99. The fourth-order valence-corrected chi connectivity index (χ4v) is 1.23. The molecule has 0 saturated heterocycles. The van der Waals surface area contributed by atoms with Gasteiger partial charge in [0.25, 0.3) is 0 Å². The molecule has 0 aliphatic carbocycles. The van der Waals surface area contributed by atoms with Crippen molar-refractivity contribution in [2.75, 3.05) is 13.1 Å². The van der Waals surface area contributed by atoms with Crippen molar-refractivity contribution in [3.63, 3.8) is 0 Å². The Balaban J connectivity index is 0. The van der Waals surface area contributed by atoms with Gasteiger partial charge in [-0.3, -0.25) is 9.59 Å². The molecule has 24 heavy (non-hydrogen) atoms. The summed E-state index contributed by atoms with van der Waals surface area (Å²) in [5.41, 5.74) is 5.51. The molecule has 0 aliphatic heterocycles. The third kappa shape index (κ3) is 10.2. The van der Waals surface area contributed by atoms with Crippen molar-refractivity contribution in [1.82, 2.24) is 0 Å². The molecule has 132 valence electrons. The Kier molecular flexibility index (Phi) is 15.1. The number of phenols is 2. The first-order valence-corrected chi connectivity index (χ1v) is 6.56. The summed E-state index contributed by atoms with van der Waals surface area (Å²) >= 11 is 0. The van der Waals surface area contributed by atoms with E-state index in [9.17, 15) is 9.59 Å². The van der Waals surface area contributed by atoms with Crippen LogP contribution in [-0.4, -0.2) is 35.9 Å². The van der Waals surface area contributed by atoms with Crippen LogP contribution in [-0.2, 0) is 16.5 Å². The normalized spacial score (nSPS) is 8.21. The summed E-state index contributed by atoms with van der Waals surface area (Å²) < 4.78 is 0. The summed E-state index contributed by atoms with van der Waals surface area (Å²) in [4.78, 5) is 29.2. The topological polar surface area (TPSA) is 130 Å². The van der Waals surface area contributed by atoms with Crippen LogP contribution in [0.3, 0.4) is 0 Å². The van der Waals surface area contributed by atoms with E-state index in [0.717, 1.165) is 0 Å². The molecule has 2 aromatic rings. The van der Waals surface area contributed by atoms with Crippen LogP contribution in [0, 0.1) is 4.91 Å². The van der Waals surface area contributed by atoms with Gasteiger partial charge in [-0.15, -0.1) is 0 Å². The van der Waals surface area contributed by atoms with E-state index in [1.54, 1.807) is 36.4 Å². The number of benzene rings is 2. The fraction of sp³-hybridized carbons (Fsp3) is 0.125. The van der Waals surface area contributed by atoms with Gasteiger partial charge in [0, 0.05) is 23.0 Å². The Labute approximate surface area is 149 Å². The summed E-state index contributed by atoms with van der Waals surface area (Å²) in [6, 6.07) is 12.8. The van der Waals surface area contributed by atoms with Crippen LogP contribution in [0.1, 0.15) is 20.7 Å². The Morgan fingerprint density at radius 2 is 1.25 bits per heavy atom. The first kappa shape index (κ1) is 23.7. The molecule has 0 spiro atoms. The summed E-state index contributed by atoms with van der Waals surface area (Å²) in [7, 11) is 0. The van der Waals surface area contributed by atoms with Crippen LogP contribution < -0.4 is 5.73 Å². The Morgan fingerprint density at radius 3 is 1.42 bits per heavy atom. The second-order valence-corrected chi connectivity index (χ2v) is 3.99. The number of aldehydes is 2. The minimum absolute atomic E-state index is 0. The number of nitroso groups, excluding NO2 is 1. The predicted molar refractivity (Wildman–Crippen MR) is 86.7 cm³/mol. The number of nitrogens with two attached hydrogens (primary N) is 1. The van der Waals surface area contributed by atoms with Crippen molar-refractivity contribution in [2.24, 2.45) is 10.9 Å². The van der Waals surface area contributed by atoms with Gasteiger partial charge in [-0.05, 0) is 24.3 Å². The number of hydrogen-bond donors (Lipinski definition) is 3. The van der Waals surface area contributed by atoms with Gasteiger partial charge >= 0.3 is 0 Å². The molecule has 0 saturated carbocycles. The maximum Gasteiger partial charge on any atom is 0.153 e. The Hall–Kier alpha value is -2.57. The molecular formula is C16H18N2NiO5. The van der Waals surface area contributed by atoms with Crippen molar-refractivity contribution in [3.8, 4) is 11.5 Å². The molecule has 0 aliphatic rings. The number of carbonyl (C=O) groups is 2. The number of aromatic hydroxyl groups is 2. The Bertz CT molecular complexity index is 573. The van der Waals surface area contributed by atoms with E-state index in [0.29, 0.717) is 30.2 Å². The van der Waals surface area contributed by atoms with E-state index in [2.05, 4.69) is 5.18 Å². The minimum atomic E-state index is 0. The number of phenolic OH excluding ortho intramolecular Hbond substituents is 2. The molecular weight excluding hydrogens is 359 g/mol. The number of nitrogens with zero attached hydrogens (tertiary/aromatic N) is 1. The molecule has 0 unspecified atom stereocenters. The average Bonchev–Trinajstić information content (AvgIpc) is 2.58. The number of hydrogen-bond acceptors (Lipinski definition) is 7. The summed E-state index contributed by atoms with van der Waals surface area (Å²) in [5.74, 6) is 0.0694. The average molecular weight is 377 g/mol. The van der Waals surface area contributed by atoms with Crippen molar-refractivity contribution in [1.29, 1.82) is 0 Å². The summed E-state index contributed by atoms with van der Waals surface area (Å²) in [6.07, 6.45) is 1.24. The molecule has 0 heterocycles. The van der Waals surface area contributed by atoms with E-state index < -0.39 is 0 Å². The number of rotatable bonds is 4. The van der Waals surface area contributed by atoms with Crippen LogP contribution in [0.4, 0.5) is 0 Å². The van der Waals surface area contributed by atoms with Crippen molar-refractivity contribution in [2.45, 2.75) is 0 Å². The summed E-state index contributed by atoms with van der Waals surface area (Å²) in [5, 5.41) is 20.2. The third-order valence-electron chi connectivity index (χ3n) is 2.35. The number of para-hydroxylation sites is 2. The van der Waals surface area contributed by atoms with Crippen LogP contribution in [0.25, 0.3) is 0 Å². The molecule has 8 heteroatoms. The maximum absolute atomic E-state index is 10.1. The first-order chi connectivity index (χ1) is 11.1.